The topological polar surface area (TPSA) is 73.1 Å². The van der Waals surface area contributed by atoms with E-state index in [1.54, 1.807) is 0 Å². The van der Waals surface area contributed by atoms with Gasteiger partial charge in [-0.1, -0.05) is 0 Å². The van der Waals surface area contributed by atoms with Crippen molar-refractivity contribution < 1.29 is 13.6 Å². The lowest BCUT2D eigenvalue weighted by molar-refractivity contribution is -0.116. The highest BCUT2D eigenvalue weighted by Gasteiger charge is 2.33. The number of halogens is 2. The number of nitrogens with zero attached hydrogens (tertiary/aromatic N) is 2. The zero-order valence-electron chi connectivity index (χ0n) is 12.4. The minimum atomic E-state index is -0.958. The van der Waals surface area contributed by atoms with Crippen molar-refractivity contribution in [1.82, 2.24) is 9.13 Å². The standard InChI is InChI=1S/C15H13F2N3O3/c1-19-13-12(14(22)20(2)15(19)23)9(6-11(21)18-13)8-5-7(16)3-4-10(8)17/h3-5,9H,6H2,1-2H3,(H,18,21)/t9-/m0/s1. The molecule has 2 heterocycles. The zero-order valence-corrected chi connectivity index (χ0v) is 12.4. The molecule has 1 atom stereocenters. The van der Waals surface area contributed by atoms with Crippen LogP contribution in [0, 0.1) is 11.6 Å². The molecule has 1 aromatic carbocycles. The zero-order chi connectivity index (χ0) is 16.9. The Labute approximate surface area is 129 Å². The molecule has 0 fully saturated rings. The molecule has 0 saturated carbocycles. The molecular formula is C15H13F2N3O3. The number of amides is 1. The summed E-state index contributed by atoms with van der Waals surface area (Å²) in [6, 6.07) is 2.87. The maximum Gasteiger partial charge on any atom is 0.332 e. The van der Waals surface area contributed by atoms with E-state index in [4.69, 9.17) is 0 Å². The van der Waals surface area contributed by atoms with Crippen LogP contribution in [0.5, 0.6) is 0 Å². The molecule has 6 nitrogen and oxygen atoms in total. The highest BCUT2D eigenvalue weighted by atomic mass is 19.1. The molecular weight excluding hydrogens is 308 g/mol. The molecule has 1 aliphatic heterocycles. The van der Waals surface area contributed by atoms with Crippen molar-refractivity contribution in [2.24, 2.45) is 14.1 Å². The molecule has 23 heavy (non-hydrogen) atoms. The normalized spacial score (nSPS) is 16.9. The molecule has 0 bridgehead atoms. The van der Waals surface area contributed by atoms with E-state index in [2.05, 4.69) is 5.32 Å². The fourth-order valence-corrected chi connectivity index (χ4v) is 2.85. The molecule has 0 saturated heterocycles. The molecule has 3 rings (SSSR count). The average Bonchev–Trinajstić information content (AvgIpc) is 2.52. The van der Waals surface area contributed by atoms with E-state index in [0.29, 0.717) is 0 Å². The van der Waals surface area contributed by atoms with Crippen LogP contribution >= 0.6 is 0 Å². The summed E-state index contributed by atoms with van der Waals surface area (Å²) in [6.07, 6.45) is -0.208. The van der Waals surface area contributed by atoms with Gasteiger partial charge in [0.25, 0.3) is 5.56 Å². The lowest BCUT2D eigenvalue weighted by Crippen LogP contribution is -2.44. The van der Waals surface area contributed by atoms with Gasteiger partial charge in [-0.3, -0.25) is 18.7 Å². The monoisotopic (exact) mass is 321 g/mol. The molecule has 0 aliphatic carbocycles. The van der Waals surface area contributed by atoms with E-state index in [1.165, 1.54) is 14.1 Å². The smallest absolute Gasteiger partial charge is 0.312 e. The van der Waals surface area contributed by atoms with Crippen LogP contribution in [-0.2, 0) is 18.9 Å². The number of anilines is 1. The maximum atomic E-state index is 14.1. The Balaban J connectivity index is 2.36. The van der Waals surface area contributed by atoms with Gasteiger partial charge in [0.1, 0.15) is 17.5 Å². The molecule has 8 heteroatoms. The molecule has 0 radical (unpaired) electrons. The molecule has 120 valence electrons. The molecule has 1 aromatic heterocycles. The molecule has 0 spiro atoms. The SMILES string of the molecule is Cn1c2c(c(=O)n(C)c1=O)[C@H](c1cc(F)ccc1F)CC(=O)N2. The predicted octanol–water partition coefficient (Wildman–Crippen LogP) is 0.836. The van der Waals surface area contributed by atoms with Crippen LogP contribution in [0.1, 0.15) is 23.5 Å². The minimum absolute atomic E-state index is 0.0167. The first-order chi connectivity index (χ1) is 10.8. The number of rotatable bonds is 1. The number of nitrogens with one attached hydrogen (secondary N) is 1. The van der Waals surface area contributed by atoms with E-state index >= 15 is 0 Å². The second-order valence-electron chi connectivity index (χ2n) is 5.44. The van der Waals surface area contributed by atoms with E-state index in [0.717, 1.165) is 27.3 Å². The largest absolute Gasteiger partial charge is 0.332 e. The highest BCUT2D eigenvalue weighted by Crippen LogP contribution is 2.35. The summed E-state index contributed by atoms with van der Waals surface area (Å²) in [4.78, 5) is 36.3. The molecule has 2 aromatic rings. The summed E-state index contributed by atoms with van der Waals surface area (Å²) in [5.74, 6) is -2.80. The predicted molar refractivity (Wildman–Crippen MR) is 78.4 cm³/mol. The van der Waals surface area contributed by atoms with Crippen molar-refractivity contribution in [1.29, 1.82) is 0 Å². The van der Waals surface area contributed by atoms with Gasteiger partial charge in [0, 0.05) is 26.4 Å². The van der Waals surface area contributed by atoms with Crippen molar-refractivity contribution in [3.8, 4) is 0 Å². The van der Waals surface area contributed by atoms with E-state index < -0.39 is 34.7 Å². The Bertz CT molecular complexity index is 946. The van der Waals surface area contributed by atoms with E-state index in [1.807, 2.05) is 0 Å². The van der Waals surface area contributed by atoms with Crippen LogP contribution in [0.3, 0.4) is 0 Å². The maximum absolute atomic E-state index is 14.1. The lowest BCUT2D eigenvalue weighted by Gasteiger charge is -2.27. The number of benzene rings is 1. The van der Waals surface area contributed by atoms with Crippen molar-refractivity contribution in [2.75, 3.05) is 5.32 Å². The molecule has 1 aliphatic rings. The van der Waals surface area contributed by atoms with Gasteiger partial charge in [-0.05, 0) is 23.8 Å². The third kappa shape index (κ3) is 2.26. The first kappa shape index (κ1) is 15.1. The fourth-order valence-electron chi connectivity index (χ4n) is 2.85. The Morgan fingerprint density at radius 3 is 2.52 bits per heavy atom. The van der Waals surface area contributed by atoms with Gasteiger partial charge < -0.3 is 5.32 Å². The Kier molecular flexibility index (Phi) is 3.39. The lowest BCUT2D eigenvalue weighted by atomic mass is 9.86. The number of fused-ring (bicyclic) bond motifs is 1. The van der Waals surface area contributed by atoms with Crippen LogP contribution in [0.25, 0.3) is 0 Å². The third-order valence-corrected chi connectivity index (χ3v) is 4.03. The van der Waals surface area contributed by atoms with E-state index in [9.17, 15) is 23.2 Å². The summed E-state index contributed by atoms with van der Waals surface area (Å²) in [7, 11) is 2.69. The average molecular weight is 321 g/mol. The number of hydrogen-bond donors (Lipinski definition) is 1. The second kappa shape index (κ2) is 5.15. The first-order valence-electron chi connectivity index (χ1n) is 6.86. The van der Waals surface area contributed by atoms with Gasteiger partial charge >= 0.3 is 5.69 Å². The van der Waals surface area contributed by atoms with Gasteiger partial charge in [0.15, 0.2) is 0 Å². The van der Waals surface area contributed by atoms with Gasteiger partial charge in [-0.2, -0.15) is 0 Å². The third-order valence-electron chi connectivity index (χ3n) is 4.03. The quantitative estimate of drug-likeness (QED) is 0.846. The first-order valence-corrected chi connectivity index (χ1v) is 6.86. The van der Waals surface area contributed by atoms with Crippen molar-refractivity contribution >= 4 is 11.7 Å². The van der Waals surface area contributed by atoms with Crippen molar-refractivity contribution in [2.45, 2.75) is 12.3 Å². The van der Waals surface area contributed by atoms with Crippen LogP contribution in [-0.4, -0.2) is 15.0 Å². The number of carbonyl (C=O) groups excluding carboxylic acids is 1. The summed E-state index contributed by atoms with van der Waals surface area (Å²) < 4.78 is 29.6. The number of hydrogen-bond acceptors (Lipinski definition) is 3. The number of aromatic nitrogens is 2. The minimum Gasteiger partial charge on any atom is -0.312 e. The Morgan fingerprint density at radius 2 is 1.83 bits per heavy atom. The molecule has 1 N–H and O–H groups in total. The Morgan fingerprint density at radius 1 is 1.13 bits per heavy atom. The van der Waals surface area contributed by atoms with E-state index in [-0.39, 0.29) is 23.4 Å². The summed E-state index contributed by atoms with van der Waals surface area (Å²) >= 11 is 0. The summed E-state index contributed by atoms with van der Waals surface area (Å²) in [5.41, 5.74) is -1.28. The number of carbonyl (C=O) groups is 1. The van der Waals surface area contributed by atoms with Crippen LogP contribution in [0.4, 0.5) is 14.6 Å². The van der Waals surface area contributed by atoms with Crippen LogP contribution in [0.2, 0.25) is 0 Å². The van der Waals surface area contributed by atoms with Gasteiger partial charge in [-0.15, -0.1) is 0 Å². The van der Waals surface area contributed by atoms with Crippen molar-refractivity contribution in [3.63, 3.8) is 0 Å². The second-order valence-corrected chi connectivity index (χ2v) is 5.44. The highest BCUT2D eigenvalue weighted by molar-refractivity contribution is 5.94. The Hall–Kier alpha value is -2.77. The van der Waals surface area contributed by atoms with Gasteiger partial charge in [-0.25, -0.2) is 13.6 Å². The summed E-state index contributed by atoms with van der Waals surface area (Å²) in [5, 5.41) is 2.47. The van der Waals surface area contributed by atoms with Gasteiger partial charge in [0.2, 0.25) is 5.91 Å². The summed E-state index contributed by atoms with van der Waals surface area (Å²) in [6.45, 7) is 0. The van der Waals surface area contributed by atoms with Crippen molar-refractivity contribution in [3.05, 3.63) is 61.8 Å². The van der Waals surface area contributed by atoms with Crippen LogP contribution < -0.4 is 16.6 Å². The van der Waals surface area contributed by atoms with Crippen LogP contribution in [0.15, 0.2) is 27.8 Å². The fraction of sp³-hybridized carbons (Fsp3) is 0.267. The molecule has 0 unspecified atom stereocenters. The van der Waals surface area contributed by atoms with Gasteiger partial charge in [0.05, 0.1) is 5.56 Å². The molecule has 1 amide bonds.